The van der Waals surface area contributed by atoms with E-state index in [-0.39, 0.29) is 10.5 Å². The predicted molar refractivity (Wildman–Crippen MR) is 129 cm³/mol. The molecule has 1 heterocycles. The van der Waals surface area contributed by atoms with E-state index in [1.165, 1.54) is 43.8 Å². The minimum atomic E-state index is -3.95. The van der Waals surface area contributed by atoms with E-state index in [9.17, 15) is 13.2 Å². The number of benzene rings is 2. The van der Waals surface area contributed by atoms with Gasteiger partial charge in [-0.15, -0.1) is 10.2 Å². The van der Waals surface area contributed by atoms with Crippen molar-refractivity contribution in [2.45, 2.75) is 49.8 Å². The average Bonchev–Trinajstić information content (AvgIpc) is 3.28. The van der Waals surface area contributed by atoms with Crippen molar-refractivity contribution in [2.75, 3.05) is 17.1 Å². The van der Waals surface area contributed by atoms with Crippen LogP contribution in [0.5, 0.6) is 5.75 Å². The number of methoxy groups -OCH3 is 1. The summed E-state index contributed by atoms with van der Waals surface area (Å²) in [4.78, 5) is 12.9. The molecule has 0 radical (unpaired) electrons. The molecule has 0 spiro atoms. The lowest BCUT2D eigenvalue weighted by molar-refractivity contribution is 0.102. The number of ether oxygens (including phenoxy) is 1. The van der Waals surface area contributed by atoms with Crippen LogP contribution >= 0.6 is 11.3 Å². The van der Waals surface area contributed by atoms with Gasteiger partial charge >= 0.3 is 0 Å². The number of anilines is 2. The molecule has 2 aromatic carbocycles. The first-order valence-corrected chi connectivity index (χ1v) is 13.1. The van der Waals surface area contributed by atoms with Crippen molar-refractivity contribution in [2.24, 2.45) is 0 Å². The van der Waals surface area contributed by atoms with Crippen molar-refractivity contribution < 1.29 is 17.9 Å². The minimum absolute atomic E-state index is 0.0150. The maximum Gasteiger partial charge on any atom is 0.262 e. The molecule has 1 aliphatic rings. The van der Waals surface area contributed by atoms with Crippen molar-refractivity contribution in [1.82, 2.24) is 10.2 Å². The van der Waals surface area contributed by atoms with E-state index >= 15 is 0 Å². The van der Waals surface area contributed by atoms with Gasteiger partial charge in [0.2, 0.25) is 5.13 Å². The van der Waals surface area contributed by atoms with Gasteiger partial charge in [-0.05, 0) is 49.6 Å². The Bertz CT molecular complexity index is 1250. The van der Waals surface area contributed by atoms with Gasteiger partial charge in [0.05, 0.1) is 17.7 Å². The molecule has 0 aliphatic heterocycles. The van der Waals surface area contributed by atoms with Crippen LogP contribution in [0, 0.1) is 6.92 Å². The molecular weight excluding hydrogens is 460 g/mol. The van der Waals surface area contributed by atoms with Crippen molar-refractivity contribution in [3.8, 4) is 5.75 Å². The average molecular weight is 487 g/mol. The summed E-state index contributed by atoms with van der Waals surface area (Å²) in [5.74, 6) is 0.367. The van der Waals surface area contributed by atoms with Gasteiger partial charge in [0, 0.05) is 11.5 Å². The first-order chi connectivity index (χ1) is 15.9. The second kappa shape index (κ2) is 9.88. The van der Waals surface area contributed by atoms with Gasteiger partial charge in [0.25, 0.3) is 15.9 Å². The molecule has 4 rings (SSSR count). The Morgan fingerprint density at radius 1 is 1.09 bits per heavy atom. The number of nitrogens with one attached hydrogen (secondary N) is 2. The fourth-order valence-electron chi connectivity index (χ4n) is 3.93. The SMILES string of the molecule is COc1ccccc1NS(=O)(=O)c1cc(C(=O)Nc2nnc(C3CCCCC3)s2)ccc1C. The number of hydrogen-bond acceptors (Lipinski definition) is 7. The minimum Gasteiger partial charge on any atom is -0.495 e. The number of amides is 1. The molecule has 0 unspecified atom stereocenters. The molecule has 3 aromatic rings. The summed E-state index contributed by atoms with van der Waals surface area (Å²) in [7, 11) is -2.48. The number of sulfonamides is 1. The zero-order valence-corrected chi connectivity index (χ0v) is 20.1. The fourth-order valence-corrected chi connectivity index (χ4v) is 6.18. The van der Waals surface area contributed by atoms with Crippen LogP contribution in [0.15, 0.2) is 47.4 Å². The van der Waals surface area contributed by atoms with E-state index in [1.54, 1.807) is 43.3 Å². The number of rotatable bonds is 7. The molecule has 1 fully saturated rings. The second-order valence-corrected chi connectivity index (χ2v) is 10.7. The smallest absolute Gasteiger partial charge is 0.262 e. The van der Waals surface area contributed by atoms with Crippen molar-refractivity contribution in [3.63, 3.8) is 0 Å². The Hall–Kier alpha value is -2.98. The third-order valence-electron chi connectivity index (χ3n) is 5.71. The molecule has 8 nitrogen and oxygen atoms in total. The summed E-state index contributed by atoms with van der Waals surface area (Å²) in [6, 6.07) is 11.3. The summed E-state index contributed by atoms with van der Waals surface area (Å²) in [6.45, 7) is 1.68. The summed E-state index contributed by atoms with van der Waals surface area (Å²) in [5.41, 5.74) is 1.05. The monoisotopic (exact) mass is 486 g/mol. The van der Waals surface area contributed by atoms with Crippen molar-refractivity contribution in [3.05, 3.63) is 58.6 Å². The maximum atomic E-state index is 13.1. The Morgan fingerprint density at radius 2 is 1.85 bits per heavy atom. The summed E-state index contributed by atoms with van der Waals surface area (Å²) in [6.07, 6.45) is 5.83. The predicted octanol–water partition coefficient (Wildman–Crippen LogP) is 4.96. The molecule has 2 N–H and O–H groups in total. The first-order valence-electron chi connectivity index (χ1n) is 10.8. The van der Waals surface area contributed by atoms with Gasteiger partial charge in [-0.2, -0.15) is 0 Å². The van der Waals surface area contributed by atoms with Crippen molar-refractivity contribution in [1.29, 1.82) is 0 Å². The van der Waals surface area contributed by atoms with Gasteiger partial charge in [-0.1, -0.05) is 48.8 Å². The third-order valence-corrected chi connectivity index (χ3v) is 8.22. The molecule has 1 aliphatic carbocycles. The Kier molecular flexibility index (Phi) is 6.94. The molecular formula is C23H26N4O4S2. The van der Waals surface area contributed by atoms with E-state index in [2.05, 4.69) is 20.2 Å². The molecule has 0 atom stereocenters. The Balaban J connectivity index is 1.53. The lowest BCUT2D eigenvalue weighted by Gasteiger charge is -2.18. The standard InChI is InChI=1S/C23H26N4O4S2/c1-15-12-13-17(14-20(15)33(29,30)27-18-10-6-7-11-19(18)31-2)21(28)24-23-26-25-22(32-23)16-8-4-3-5-9-16/h6-7,10-14,16,27H,3-5,8-9H2,1-2H3,(H,24,26,28). The maximum absolute atomic E-state index is 13.1. The number of aryl methyl sites for hydroxylation is 1. The number of carbonyl (C=O) groups is 1. The molecule has 1 aromatic heterocycles. The lowest BCUT2D eigenvalue weighted by Crippen LogP contribution is -2.17. The van der Waals surface area contributed by atoms with Crippen LogP contribution in [0.3, 0.4) is 0 Å². The second-order valence-electron chi connectivity index (χ2n) is 8.02. The number of hydrogen-bond donors (Lipinski definition) is 2. The van der Waals surface area contributed by atoms with E-state index in [1.807, 2.05) is 0 Å². The van der Waals surface area contributed by atoms with Crippen LogP contribution in [-0.4, -0.2) is 31.6 Å². The topological polar surface area (TPSA) is 110 Å². The molecule has 1 saturated carbocycles. The van der Waals surface area contributed by atoms with Crippen molar-refractivity contribution >= 4 is 38.1 Å². The number of aromatic nitrogens is 2. The van der Waals surface area contributed by atoms with E-state index in [0.29, 0.717) is 28.0 Å². The summed E-state index contributed by atoms with van der Waals surface area (Å²) in [5, 5.41) is 12.5. The van der Waals surface area contributed by atoms with Gasteiger partial charge in [-0.3, -0.25) is 14.8 Å². The molecule has 1 amide bonds. The number of nitrogens with zero attached hydrogens (tertiary/aromatic N) is 2. The van der Waals surface area contributed by atoms with E-state index in [0.717, 1.165) is 17.8 Å². The van der Waals surface area contributed by atoms with Crippen LogP contribution in [-0.2, 0) is 10.0 Å². The molecule has 0 saturated heterocycles. The quantitative estimate of drug-likeness (QED) is 0.489. The van der Waals surface area contributed by atoms with Crippen LogP contribution in [0.2, 0.25) is 0 Å². The highest BCUT2D eigenvalue weighted by Gasteiger charge is 2.23. The highest BCUT2D eigenvalue weighted by molar-refractivity contribution is 7.92. The van der Waals surface area contributed by atoms with Crippen LogP contribution in [0.4, 0.5) is 10.8 Å². The highest BCUT2D eigenvalue weighted by Crippen LogP contribution is 2.35. The molecule has 33 heavy (non-hydrogen) atoms. The molecule has 10 heteroatoms. The zero-order valence-electron chi connectivity index (χ0n) is 18.5. The Morgan fingerprint density at radius 3 is 2.61 bits per heavy atom. The fraction of sp³-hybridized carbons (Fsp3) is 0.348. The summed E-state index contributed by atoms with van der Waals surface area (Å²) < 4.78 is 33.9. The number of para-hydroxylation sites is 2. The van der Waals surface area contributed by atoms with E-state index in [4.69, 9.17) is 4.74 Å². The largest absolute Gasteiger partial charge is 0.495 e. The number of carbonyl (C=O) groups excluding carboxylic acids is 1. The highest BCUT2D eigenvalue weighted by atomic mass is 32.2. The normalized spacial score (nSPS) is 14.6. The lowest BCUT2D eigenvalue weighted by atomic mass is 9.90. The van der Waals surface area contributed by atoms with Crippen LogP contribution in [0.25, 0.3) is 0 Å². The molecule has 174 valence electrons. The third kappa shape index (κ3) is 5.33. The zero-order chi connectivity index (χ0) is 23.4. The Labute approximate surface area is 197 Å². The van der Waals surface area contributed by atoms with Crippen LogP contribution in [0.1, 0.15) is 59.0 Å². The molecule has 0 bridgehead atoms. The van der Waals surface area contributed by atoms with E-state index < -0.39 is 15.9 Å². The summed E-state index contributed by atoms with van der Waals surface area (Å²) >= 11 is 1.38. The van der Waals surface area contributed by atoms with Crippen LogP contribution < -0.4 is 14.8 Å². The van der Waals surface area contributed by atoms with Gasteiger partial charge < -0.3 is 4.74 Å². The van der Waals surface area contributed by atoms with Gasteiger partial charge in [-0.25, -0.2) is 8.42 Å². The first kappa shape index (κ1) is 23.2. The van der Waals surface area contributed by atoms with Gasteiger partial charge in [0.1, 0.15) is 10.8 Å². The van der Waals surface area contributed by atoms with Gasteiger partial charge in [0.15, 0.2) is 0 Å².